The average Bonchev–Trinajstić information content (AvgIpc) is 1.87. The molecule has 0 heterocycles. The van der Waals surface area contributed by atoms with Crippen molar-refractivity contribution in [3.8, 4) is 0 Å². The topological polar surface area (TPSA) is 0 Å². The molecule has 0 rings (SSSR count). The van der Waals surface area contributed by atoms with Crippen LogP contribution in [-0.4, -0.2) is 12.3 Å². The van der Waals surface area contributed by atoms with E-state index >= 15 is 0 Å². The molecule has 9 heavy (non-hydrogen) atoms. The molecule has 0 fully saturated rings. The summed E-state index contributed by atoms with van der Waals surface area (Å²) in [7, 11) is 5.59. The second kappa shape index (κ2) is 5.63. The van der Waals surface area contributed by atoms with Crippen molar-refractivity contribution in [3.05, 3.63) is 0 Å². The molecule has 0 nitrogen and oxygen atoms in total. The minimum atomic E-state index is 0.871. The van der Waals surface area contributed by atoms with E-state index in [9.17, 15) is 0 Å². The lowest BCUT2D eigenvalue weighted by atomic mass is 9.95. The van der Waals surface area contributed by atoms with Gasteiger partial charge in [-0.3, -0.25) is 0 Å². The largest absolute Gasteiger partial charge is 0.138 e. The molecule has 2 heteroatoms. The molecule has 0 radical (unpaired) electrons. The summed E-state index contributed by atoms with van der Waals surface area (Å²) in [6.45, 7) is 4.65. The van der Waals surface area contributed by atoms with Gasteiger partial charge < -0.3 is 0 Å². The van der Waals surface area contributed by atoms with E-state index in [0.717, 1.165) is 11.8 Å². The van der Waals surface area contributed by atoms with Crippen LogP contribution in [0.4, 0.5) is 0 Å². The standard InChI is InChI=1S/C7H18P2/c1-6(3-4-8)7(2)5-9/h6-7H,3-5,8-9H2,1-2H3. The maximum absolute atomic E-state index is 2.81. The van der Waals surface area contributed by atoms with Crippen LogP contribution in [0.15, 0.2) is 0 Å². The van der Waals surface area contributed by atoms with Gasteiger partial charge in [0.1, 0.15) is 0 Å². The van der Waals surface area contributed by atoms with Crippen LogP contribution in [0.3, 0.4) is 0 Å². The van der Waals surface area contributed by atoms with E-state index in [1.165, 1.54) is 18.7 Å². The molecule has 0 aliphatic rings. The molecule has 0 amide bonds. The minimum Gasteiger partial charge on any atom is -0.138 e. The Kier molecular flexibility index (Phi) is 6.17. The summed E-state index contributed by atoms with van der Waals surface area (Å²) in [5.74, 6) is 1.76. The van der Waals surface area contributed by atoms with Gasteiger partial charge in [-0.1, -0.05) is 13.8 Å². The molecular weight excluding hydrogens is 146 g/mol. The third-order valence-corrected chi connectivity index (χ3v) is 3.04. The fourth-order valence-corrected chi connectivity index (χ4v) is 1.77. The van der Waals surface area contributed by atoms with Crippen molar-refractivity contribution in [2.45, 2.75) is 20.3 Å². The second-order valence-electron chi connectivity index (χ2n) is 2.77. The van der Waals surface area contributed by atoms with E-state index in [1.54, 1.807) is 0 Å². The smallest absolute Gasteiger partial charge is 0.0353 e. The van der Waals surface area contributed by atoms with Gasteiger partial charge in [0, 0.05) is 0 Å². The third kappa shape index (κ3) is 4.29. The van der Waals surface area contributed by atoms with Gasteiger partial charge in [-0.15, -0.1) is 18.5 Å². The van der Waals surface area contributed by atoms with Crippen molar-refractivity contribution in [2.24, 2.45) is 11.8 Å². The van der Waals surface area contributed by atoms with Crippen molar-refractivity contribution in [2.75, 3.05) is 12.3 Å². The van der Waals surface area contributed by atoms with E-state index in [1.807, 2.05) is 0 Å². The number of rotatable bonds is 4. The zero-order chi connectivity index (χ0) is 7.28. The minimum absolute atomic E-state index is 0.871. The fraction of sp³-hybridized carbons (Fsp3) is 1.00. The van der Waals surface area contributed by atoms with Crippen LogP contribution in [0.1, 0.15) is 20.3 Å². The van der Waals surface area contributed by atoms with Crippen LogP contribution in [0, 0.1) is 11.8 Å². The van der Waals surface area contributed by atoms with E-state index in [4.69, 9.17) is 0 Å². The van der Waals surface area contributed by atoms with Gasteiger partial charge in [-0.25, -0.2) is 0 Å². The summed E-state index contributed by atoms with van der Waals surface area (Å²) < 4.78 is 0. The zero-order valence-electron chi connectivity index (χ0n) is 6.43. The first-order chi connectivity index (χ1) is 4.22. The zero-order valence-corrected chi connectivity index (χ0v) is 8.74. The van der Waals surface area contributed by atoms with Gasteiger partial charge in [-0.05, 0) is 30.6 Å². The molecule has 56 valence electrons. The van der Waals surface area contributed by atoms with Crippen LogP contribution in [0.5, 0.6) is 0 Å². The highest BCUT2D eigenvalue weighted by Gasteiger charge is 2.07. The summed E-state index contributed by atoms with van der Waals surface area (Å²) in [4.78, 5) is 0. The molecule has 0 saturated heterocycles. The van der Waals surface area contributed by atoms with Crippen LogP contribution in [-0.2, 0) is 0 Å². The van der Waals surface area contributed by atoms with Gasteiger partial charge in [0.15, 0.2) is 0 Å². The molecule has 4 unspecified atom stereocenters. The van der Waals surface area contributed by atoms with E-state index < -0.39 is 0 Å². The Hall–Kier alpha value is 0.860. The Morgan fingerprint density at radius 3 is 2.00 bits per heavy atom. The Labute approximate surface area is 63.6 Å². The number of hydrogen-bond acceptors (Lipinski definition) is 0. The predicted octanol–water partition coefficient (Wildman–Crippen LogP) is 2.40. The molecule has 0 N–H and O–H groups in total. The molecule has 0 aromatic rings. The number of hydrogen-bond donors (Lipinski definition) is 0. The SMILES string of the molecule is CC(CP)C(C)CCP. The van der Waals surface area contributed by atoms with E-state index in [-0.39, 0.29) is 0 Å². The highest BCUT2D eigenvalue weighted by atomic mass is 31.0. The van der Waals surface area contributed by atoms with Crippen LogP contribution >= 0.6 is 18.5 Å². The molecule has 0 aliphatic heterocycles. The maximum atomic E-state index is 2.81. The van der Waals surface area contributed by atoms with Crippen LogP contribution < -0.4 is 0 Å². The van der Waals surface area contributed by atoms with Crippen molar-refractivity contribution >= 4 is 18.5 Å². The predicted molar refractivity (Wildman–Crippen MR) is 52.1 cm³/mol. The summed E-state index contributed by atoms with van der Waals surface area (Å²) >= 11 is 0. The lowest BCUT2D eigenvalue weighted by molar-refractivity contribution is 0.416. The molecule has 0 spiro atoms. The van der Waals surface area contributed by atoms with Gasteiger partial charge >= 0.3 is 0 Å². The molecular formula is C7H18P2. The van der Waals surface area contributed by atoms with Gasteiger partial charge in [0.25, 0.3) is 0 Å². The van der Waals surface area contributed by atoms with Gasteiger partial charge in [0.2, 0.25) is 0 Å². The molecule has 0 aromatic carbocycles. The molecule has 0 aliphatic carbocycles. The van der Waals surface area contributed by atoms with Crippen molar-refractivity contribution in [3.63, 3.8) is 0 Å². The molecule has 4 atom stereocenters. The monoisotopic (exact) mass is 164 g/mol. The maximum Gasteiger partial charge on any atom is -0.0353 e. The second-order valence-corrected chi connectivity index (χ2v) is 3.82. The summed E-state index contributed by atoms with van der Waals surface area (Å²) in [6, 6.07) is 0. The average molecular weight is 164 g/mol. The van der Waals surface area contributed by atoms with Crippen LogP contribution in [0.2, 0.25) is 0 Å². The molecule has 0 aromatic heterocycles. The van der Waals surface area contributed by atoms with E-state index in [2.05, 4.69) is 32.3 Å². The molecule has 0 saturated carbocycles. The summed E-state index contributed by atoms with van der Waals surface area (Å²) in [5.41, 5.74) is 0. The first-order valence-corrected chi connectivity index (χ1v) is 5.25. The first kappa shape index (κ1) is 9.86. The fourth-order valence-electron chi connectivity index (χ4n) is 0.780. The first-order valence-electron chi connectivity index (χ1n) is 3.62. The molecule has 0 bridgehead atoms. The Balaban J connectivity index is 3.32. The highest BCUT2D eigenvalue weighted by molar-refractivity contribution is 7.16. The van der Waals surface area contributed by atoms with Crippen molar-refractivity contribution < 1.29 is 0 Å². The summed E-state index contributed by atoms with van der Waals surface area (Å²) in [6.07, 6.45) is 3.84. The van der Waals surface area contributed by atoms with Crippen molar-refractivity contribution in [1.29, 1.82) is 0 Å². The highest BCUT2D eigenvalue weighted by Crippen LogP contribution is 2.17. The lowest BCUT2D eigenvalue weighted by Gasteiger charge is -2.16. The van der Waals surface area contributed by atoms with E-state index in [0.29, 0.717) is 0 Å². The van der Waals surface area contributed by atoms with Crippen LogP contribution in [0.25, 0.3) is 0 Å². The Morgan fingerprint density at radius 2 is 1.67 bits per heavy atom. The van der Waals surface area contributed by atoms with Crippen molar-refractivity contribution in [1.82, 2.24) is 0 Å². The van der Waals surface area contributed by atoms with Gasteiger partial charge in [-0.2, -0.15) is 0 Å². The summed E-state index contributed by atoms with van der Waals surface area (Å²) in [5, 5.41) is 0. The normalized spacial score (nSPS) is 17.3. The lowest BCUT2D eigenvalue weighted by Crippen LogP contribution is -2.09. The Bertz CT molecular complexity index is 63.9. The quantitative estimate of drug-likeness (QED) is 0.560. The Morgan fingerprint density at radius 1 is 1.11 bits per heavy atom. The van der Waals surface area contributed by atoms with Gasteiger partial charge in [0.05, 0.1) is 0 Å². The third-order valence-electron chi connectivity index (χ3n) is 1.97.